The van der Waals surface area contributed by atoms with E-state index < -0.39 is 6.35 Å². The quantitative estimate of drug-likeness (QED) is 0.466. The van der Waals surface area contributed by atoms with E-state index in [0.717, 1.165) is 48.5 Å². The van der Waals surface area contributed by atoms with Crippen LogP contribution in [0.1, 0.15) is 62.8 Å². The number of anilines is 2. The number of aromatic nitrogens is 4. The van der Waals surface area contributed by atoms with Gasteiger partial charge in [0.05, 0.1) is 11.9 Å². The largest absolute Gasteiger partial charge is 0.356 e. The third-order valence-corrected chi connectivity index (χ3v) is 8.82. The molecule has 3 aromatic heterocycles. The standard InChI is InChI=1S/C30H40N8O2/c1-4-37-28(38-14-13-27(39)34-30(38)40)16-32-29(37)23-11-10-22-18-36(19-24(22)33-23)17-21-9-12-26(31-15-21)35(3)25-8-6-5-7-20(25)2/h9-12,15-16,20,25,30,40H,4-8,13-14,17-19H2,1-3H3,(H,34,39). The van der Waals surface area contributed by atoms with E-state index in [2.05, 4.69) is 52.3 Å². The molecule has 0 aromatic carbocycles. The van der Waals surface area contributed by atoms with E-state index in [-0.39, 0.29) is 5.91 Å². The van der Waals surface area contributed by atoms with Crippen molar-refractivity contribution in [2.24, 2.45) is 5.92 Å². The second kappa shape index (κ2) is 11.2. The van der Waals surface area contributed by atoms with Crippen LogP contribution in [0.15, 0.2) is 36.7 Å². The highest BCUT2D eigenvalue weighted by Gasteiger charge is 2.29. The number of pyridine rings is 2. The molecule has 10 nitrogen and oxygen atoms in total. The minimum Gasteiger partial charge on any atom is -0.356 e. The molecule has 3 aromatic rings. The van der Waals surface area contributed by atoms with Gasteiger partial charge in [0, 0.05) is 58.4 Å². The van der Waals surface area contributed by atoms with Gasteiger partial charge in [-0.25, -0.2) is 15.0 Å². The summed E-state index contributed by atoms with van der Waals surface area (Å²) in [7, 11) is 2.19. The molecule has 0 spiro atoms. The zero-order valence-electron chi connectivity index (χ0n) is 23.8. The molecule has 5 heterocycles. The molecule has 40 heavy (non-hydrogen) atoms. The van der Waals surface area contributed by atoms with Gasteiger partial charge < -0.3 is 24.8 Å². The molecular weight excluding hydrogens is 504 g/mol. The summed E-state index contributed by atoms with van der Waals surface area (Å²) in [5.74, 6) is 3.16. The molecular formula is C30H40N8O2. The number of rotatable bonds is 7. The fourth-order valence-corrected chi connectivity index (χ4v) is 6.57. The Labute approximate surface area is 236 Å². The minimum atomic E-state index is -1.06. The number of hydrogen-bond acceptors (Lipinski definition) is 8. The molecule has 10 heteroatoms. The van der Waals surface area contributed by atoms with Crippen LogP contribution in [0, 0.1) is 5.92 Å². The average Bonchev–Trinajstić information content (AvgIpc) is 3.56. The minimum absolute atomic E-state index is 0.149. The van der Waals surface area contributed by atoms with Crippen LogP contribution in [-0.4, -0.2) is 61.4 Å². The van der Waals surface area contributed by atoms with Crippen LogP contribution >= 0.6 is 0 Å². The van der Waals surface area contributed by atoms with Crippen LogP contribution in [-0.2, 0) is 31.0 Å². The van der Waals surface area contributed by atoms with Crippen molar-refractivity contribution in [3.05, 3.63) is 53.5 Å². The number of nitrogens with zero attached hydrogens (tertiary/aromatic N) is 7. The lowest BCUT2D eigenvalue weighted by Gasteiger charge is -2.37. The van der Waals surface area contributed by atoms with Gasteiger partial charge in [-0.05, 0) is 48.9 Å². The van der Waals surface area contributed by atoms with Crippen molar-refractivity contribution in [1.29, 1.82) is 0 Å². The van der Waals surface area contributed by atoms with E-state index in [1.165, 1.54) is 36.8 Å². The number of carbonyl (C=O) groups is 1. The first-order valence-electron chi connectivity index (χ1n) is 14.6. The van der Waals surface area contributed by atoms with Gasteiger partial charge in [0.1, 0.15) is 17.3 Å². The third-order valence-electron chi connectivity index (χ3n) is 8.82. The molecule has 6 rings (SSSR count). The van der Waals surface area contributed by atoms with E-state index in [9.17, 15) is 9.90 Å². The molecule has 1 amide bonds. The number of nitrogens with one attached hydrogen (secondary N) is 1. The van der Waals surface area contributed by atoms with Gasteiger partial charge in [0.25, 0.3) is 0 Å². The predicted octanol–water partition coefficient (Wildman–Crippen LogP) is 3.49. The Hall–Kier alpha value is -3.50. The third kappa shape index (κ3) is 5.17. The molecule has 2 fully saturated rings. The topological polar surface area (TPSA) is 103 Å². The Bertz CT molecular complexity index is 1360. The fraction of sp³-hybridized carbons (Fsp3) is 0.533. The number of carbonyl (C=O) groups excluding carboxylic acids is 1. The highest BCUT2D eigenvalue weighted by molar-refractivity contribution is 5.78. The van der Waals surface area contributed by atoms with E-state index in [0.29, 0.717) is 31.5 Å². The summed E-state index contributed by atoms with van der Waals surface area (Å²) >= 11 is 0. The van der Waals surface area contributed by atoms with Gasteiger partial charge in [0.2, 0.25) is 12.3 Å². The zero-order chi connectivity index (χ0) is 27.8. The van der Waals surface area contributed by atoms with Crippen LogP contribution in [0.5, 0.6) is 0 Å². The Morgan fingerprint density at radius 3 is 2.70 bits per heavy atom. The smallest absolute Gasteiger partial charge is 0.225 e. The van der Waals surface area contributed by atoms with E-state index in [4.69, 9.17) is 9.97 Å². The second-order valence-corrected chi connectivity index (χ2v) is 11.5. The Kier molecular flexibility index (Phi) is 7.46. The van der Waals surface area contributed by atoms with Gasteiger partial charge in [-0.15, -0.1) is 0 Å². The summed E-state index contributed by atoms with van der Waals surface area (Å²) in [6.07, 6.45) is 8.27. The summed E-state index contributed by atoms with van der Waals surface area (Å²) in [5, 5.41) is 13.0. The molecule has 1 saturated heterocycles. The van der Waals surface area contributed by atoms with E-state index in [1.54, 1.807) is 11.1 Å². The average molecular weight is 545 g/mol. The number of aliphatic hydroxyl groups excluding tert-OH is 1. The maximum Gasteiger partial charge on any atom is 0.225 e. The van der Waals surface area contributed by atoms with Gasteiger partial charge in [0.15, 0.2) is 5.82 Å². The van der Waals surface area contributed by atoms with Crippen LogP contribution < -0.4 is 15.1 Å². The maximum absolute atomic E-state index is 11.7. The Morgan fingerprint density at radius 1 is 1.10 bits per heavy atom. The molecule has 3 atom stereocenters. The molecule has 0 bridgehead atoms. The summed E-state index contributed by atoms with van der Waals surface area (Å²) < 4.78 is 2.04. The number of fused-ring (bicyclic) bond motifs is 1. The highest BCUT2D eigenvalue weighted by atomic mass is 16.3. The van der Waals surface area contributed by atoms with Crippen molar-refractivity contribution in [3.8, 4) is 11.5 Å². The van der Waals surface area contributed by atoms with Crippen LogP contribution in [0.4, 0.5) is 11.6 Å². The molecule has 1 saturated carbocycles. The summed E-state index contributed by atoms with van der Waals surface area (Å²) in [6.45, 7) is 7.99. The number of imidazole rings is 1. The molecule has 3 unspecified atom stereocenters. The molecule has 2 N–H and O–H groups in total. The first-order chi connectivity index (χ1) is 19.4. The molecule has 1 aliphatic carbocycles. The lowest BCUT2D eigenvalue weighted by Crippen LogP contribution is -2.54. The summed E-state index contributed by atoms with van der Waals surface area (Å²) in [4.78, 5) is 32.7. The zero-order valence-corrected chi connectivity index (χ0v) is 23.8. The van der Waals surface area contributed by atoms with Gasteiger partial charge >= 0.3 is 0 Å². The van der Waals surface area contributed by atoms with Crippen molar-refractivity contribution < 1.29 is 9.90 Å². The van der Waals surface area contributed by atoms with E-state index in [1.807, 2.05) is 23.8 Å². The first kappa shape index (κ1) is 26.7. The van der Waals surface area contributed by atoms with Gasteiger partial charge in [-0.3, -0.25) is 9.69 Å². The molecule has 2 aliphatic heterocycles. The monoisotopic (exact) mass is 544 g/mol. The van der Waals surface area contributed by atoms with Crippen molar-refractivity contribution >= 4 is 17.5 Å². The van der Waals surface area contributed by atoms with E-state index >= 15 is 0 Å². The van der Waals surface area contributed by atoms with Gasteiger partial charge in [-0.2, -0.15) is 0 Å². The molecule has 3 aliphatic rings. The molecule has 0 radical (unpaired) electrons. The number of aliphatic hydroxyl groups is 1. The summed E-state index contributed by atoms with van der Waals surface area (Å²) in [5.41, 5.74) is 4.34. The van der Waals surface area contributed by atoms with Crippen molar-refractivity contribution in [2.75, 3.05) is 23.4 Å². The SMILES string of the molecule is CCn1c(N2CCC(=O)NC2O)cnc1-c1ccc2c(n1)CN(Cc1ccc(N(C)C3CCCCC3C)nc1)C2. The lowest BCUT2D eigenvalue weighted by molar-refractivity contribution is -0.125. The van der Waals surface area contributed by atoms with Crippen LogP contribution in [0.3, 0.4) is 0 Å². The van der Waals surface area contributed by atoms with Crippen molar-refractivity contribution in [1.82, 2.24) is 29.7 Å². The maximum atomic E-state index is 11.7. The normalized spacial score (nSPS) is 23.2. The van der Waals surface area contributed by atoms with Gasteiger partial charge in [-0.1, -0.05) is 31.9 Å². The molecule has 212 valence electrons. The van der Waals surface area contributed by atoms with Crippen molar-refractivity contribution in [3.63, 3.8) is 0 Å². The van der Waals surface area contributed by atoms with Crippen LogP contribution in [0.2, 0.25) is 0 Å². The second-order valence-electron chi connectivity index (χ2n) is 11.5. The van der Waals surface area contributed by atoms with Crippen LogP contribution in [0.25, 0.3) is 11.5 Å². The lowest BCUT2D eigenvalue weighted by atomic mass is 9.85. The predicted molar refractivity (Wildman–Crippen MR) is 154 cm³/mol. The number of amides is 1. The highest BCUT2D eigenvalue weighted by Crippen LogP contribution is 2.31. The Balaban J connectivity index is 1.13. The number of hydrogen-bond donors (Lipinski definition) is 2. The first-order valence-corrected chi connectivity index (χ1v) is 14.6. The fourth-order valence-electron chi connectivity index (χ4n) is 6.57. The summed E-state index contributed by atoms with van der Waals surface area (Å²) in [6, 6.07) is 9.15. The van der Waals surface area contributed by atoms with Crippen molar-refractivity contribution in [2.45, 2.75) is 84.5 Å². The Morgan fingerprint density at radius 2 is 1.95 bits per heavy atom.